The number of rotatable bonds is 6. The van der Waals surface area contributed by atoms with Gasteiger partial charge >= 0.3 is 0 Å². The van der Waals surface area contributed by atoms with Gasteiger partial charge in [0, 0.05) is 12.1 Å². The summed E-state index contributed by atoms with van der Waals surface area (Å²) < 4.78 is 38.7. The highest BCUT2D eigenvalue weighted by molar-refractivity contribution is 7.92. The van der Waals surface area contributed by atoms with Crippen LogP contribution in [0.4, 0.5) is 10.1 Å². The van der Waals surface area contributed by atoms with Crippen LogP contribution in [0.15, 0.2) is 47.4 Å². The van der Waals surface area contributed by atoms with E-state index in [-0.39, 0.29) is 33.9 Å². The summed E-state index contributed by atoms with van der Waals surface area (Å²) in [6.07, 6.45) is 0.129. The topological polar surface area (TPSA) is 80.3 Å². The van der Waals surface area contributed by atoms with Gasteiger partial charge in [-0.1, -0.05) is 19.1 Å². The predicted octanol–water partition coefficient (Wildman–Crippen LogP) is 3.85. The molecule has 2 aromatic carbocycles. The zero-order chi connectivity index (χ0) is 19.5. The quantitative estimate of drug-likeness (QED) is 0.776. The lowest BCUT2D eigenvalue weighted by Gasteiger charge is -2.13. The van der Waals surface area contributed by atoms with Gasteiger partial charge in [-0.05, 0) is 44.2 Å². The van der Waals surface area contributed by atoms with E-state index in [1.54, 1.807) is 19.1 Å². The second-order valence-electron chi connectivity index (χ2n) is 6.02. The fraction of sp³-hybridized carbons (Fsp3) is 0.263. The highest BCUT2D eigenvalue weighted by atomic mass is 32.2. The zero-order valence-corrected chi connectivity index (χ0v) is 15.6. The van der Waals surface area contributed by atoms with Gasteiger partial charge in [-0.15, -0.1) is 0 Å². The van der Waals surface area contributed by atoms with E-state index in [1.165, 1.54) is 38.1 Å². The Bertz CT molecular complexity index is 952. The number of Topliss-reactive ketones (excluding diaryl/α,β-unsaturated/α-hetero) is 1. The maximum atomic E-state index is 13.8. The minimum absolute atomic E-state index is 0.00565. The largest absolute Gasteiger partial charge is 0.322 e. The van der Waals surface area contributed by atoms with Gasteiger partial charge in [-0.25, -0.2) is 12.8 Å². The molecule has 2 rings (SSSR count). The van der Waals surface area contributed by atoms with Crippen LogP contribution < -0.4 is 5.32 Å². The minimum Gasteiger partial charge on any atom is -0.322 e. The molecule has 0 fully saturated rings. The number of halogens is 1. The first-order valence-corrected chi connectivity index (χ1v) is 9.70. The van der Waals surface area contributed by atoms with E-state index in [1.807, 2.05) is 0 Å². The minimum atomic E-state index is -3.65. The van der Waals surface area contributed by atoms with E-state index in [0.29, 0.717) is 0 Å². The van der Waals surface area contributed by atoms with Gasteiger partial charge in [0.2, 0.25) is 0 Å². The molecule has 138 valence electrons. The van der Waals surface area contributed by atoms with Crippen LogP contribution in [0, 0.1) is 5.82 Å². The van der Waals surface area contributed by atoms with Crippen LogP contribution in [0.5, 0.6) is 0 Å². The molecule has 0 saturated heterocycles. The summed E-state index contributed by atoms with van der Waals surface area (Å²) in [6.45, 7) is 4.68. The summed E-state index contributed by atoms with van der Waals surface area (Å²) in [7, 11) is -3.65. The third-order valence-corrected chi connectivity index (χ3v) is 6.11. The molecule has 0 aliphatic rings. The Balaban J connectivity index is 2.40. The molecular formula is C19H20FNO4S. The molecular weight excluding hydrogens is 357 g/mol. The first kappa shape index (κ1) is 19.8. The van der Waals surface area contributed by atoms with Crippen molar-refractivity contribution in [3.8, 4) is 0 Å². The second-order valence-corrected chi connectivity index (χ2v) is 8.49. The average molecular weight is 377 g/mol. The monoisotopic (exact) mass is 377 g/mol. The molecule has 0 aromatic heterocycles. The zero-order valence-electron chi connectivity index (χ0n) is 14.7. The Morgan fingerprint density at radius 2 is 1.73 bits per heavy atom. The Kier molecular flexibility index (Phi) is 5.92. The van der Waals surface area contributed by atoms with Gasteiger partial charge in [0.25, 0.3) is 5.91 Å². The lowest BCUT2D eigenvalue weighted by Crippen LogP contribution is -2.21. The second kappa shape index (κ2) is 7.78. The lowest BCUT2D eigenvalue weighted by molar-refractivity contribution is 0.0981. The summed E-state index contributed by atoms with van der Waals surface area (Å²) in [4.78, 5) is 24.3. The number of amides is 1. The first-order valence-electron chi connectivity index (χ1n) is 8.15. The molecule has 0 bridgehead atoms. The molecule has 0 heterocycles. The van der Waals surface area contributed by atoms with Crippen LogP contribution in [-0.4, -0.2) is 25.4 Å². The third-order valence-electron chi connectivity index (χ3n) is 3.90. The number of benzene rings is 2. The molecule has 0 unspecified atom stereocenters. The van der Waals surface area contributed by atoms with E-state index in [0.717, 1.165) is 6.07 Å². The van der Waals surface area contributed by atoms with Gasteiger partial charge in [0.15, 0.2) is 15.6 Å². The van der Waals surface area contributed by atoms with Gasteiger partial charge in [-0.2, -0.15) is 0 Å². The van der Waals surface area contributed by atoms with E-state index >= 15 is 0 Å². The number of carbonyl (C=O) groups is 2. The van der Waals surface area contributed by atoms with E-state index in [9.17, 15) is 22.4 Å². The van der Waals surface area contributed by atoms with Crippen molar-refractivity contribution in [2.75, 3.05) is 5.32 Å². The van der Waals surface area contributed by atoms with Crippen molar-refractivity contribution in [3.63, 3.8) is 0 Å². The van der Waals surface area contributed by atoms with Crippen molar-refractivity contribution in [2.24, 2.45) is 0 Å². The molecule has 7 heteroatoms. The molecule has 0 spiro atoms. The van der Waals surface area contributed by atoms with Crippen LogP contribution in [0.3, 0.4) is 0 Å². The lowest BCUT2D eigenvalue weighted by atomic mass is 10.1. The van der Waals surface area contributed by atoms with Crippen molar-refractivity contribution in [1.29, 1.82) is 0 Å². The molecule has 0 saturated carbocycles. The van der Waals surface area contributed by atoms with Crippen LogP contribution in [0.1, 0.15) is 47.9 Å². The summed E-state index contributed by atoms with van der Waals surface area (Å²) in [6, 6.07) is 9.55. The van der Waals surface area contributed by atoms with Crippen molar-refractivity contribution in [2.45, 2.75) is 37.3 Å². The number of ketones is 1. The fourth-order valence-corrected chi connectivity index (χ4v) is 3.61. The van der Waals surface area contributed by atoms with Gasteiger partial charge in [0.1, 0.15) is 5.82 Å². The van der Waals surface area contributed by atoms with E-state index < -0.39 is 26.8 Å². The first-order chi connectivity index (χ1) is 12.2. The molecule has 0 aliphatic heterocycles. The van der Waals surface area contributed by atoms with Gasteiger partial charge in [0.05, 0.1) is 21.3 Å². The highest BCUT2D eigenvalue weighted by Crippen LogP contribution is 2.23. The van der Waals surface area contributed by atoms with Crippen LogP contribution >= 0.6 is 0 Å². The summed E-state index contributed by atoms with van der Waals surface area (Å²) in [5.74, 6) is -1.70. The summed E-state index contributed by atoms with van der Waals surface area (Å²) in [5, 5.41) is 1.85. The number of anilines is 1. The van der Waals surface area contributed by atoms with Crippen LogP contribution in [-0.2, 0) is 9.84 Å². The van der Waals surface area contributed by atoms with E-state index in [2.05, 4.69) is 5.32 Å². The Labute approximate surface area is 152 Å². The maximum absolute atomic E-state index is 13.8. The normalized spacial score (nSPS) is 11.4. The smallest absolute Gasteiger partial charge is 0.256 e. The molecule has 5 nitrogen and oxygen atoms in total. The van der Waals surface area contributed by atoms with Crippen LogP contribution in [0.2, 0.25) is 0 Å². The molecule has 0 aliphatic carbocycles. The standard InChI is InChI=1S/C19H20FNO4S/c1-4-17(22)15-11-13(9-10-16(15)20)21-19(23)14-7-5-6-8-18(14)26(24,25)12(2)3/h5-12H,4H2,1-3H3,(H,21,23). The molecule has 1 amide bonds. The SMILES string of the molecule is CCC(=O)c1cc(NC(=O)c2ccccc2S(=O)(=O)C(C)C)ccc1F. The Morgan fingerprint density at radius 1 is 1.08 bits per heavy atom. The number of hydrogen-bond donors (Lipinski definition) is 1. The molecule has 2 aromatic rings. The van der Waals surface area contributed by atoms with Crippen molar-refractivity contribution in [3.05, 3.63) is 59.4 Å². The third kappa shape index (κ3) is 3.99. The number of hydrogen-bond acceptors (Lipinski definition) is 4. The molecule has 1 N–H and O–H groups in total. The van der Waals surface area contributed by atoms with Crippen LogP contribution in [0.25, 0.3) is 0 Å². The Hall–Kier alpha value is -2.54. The average Bonchev–Trinajstić information content (AvgIpc) is 2.62. The van der Waals surface area contributed by atoms with Crippen molar-refractivity contribution >= 4 is 27.2 Å². The number of sulfone groups is 1. The van der Waals surface area contributed by atoms with Gasteiger partial charge in [-0.3, -0.25) is 9.59 Å². The summed E-state index contributed by atoms with van der Waals surface area (Å²) >= 11 is 0. The number of nitrogens with one attached hydrogen (secondary N) is 1. The molecule has 0 radical (unpaired) electrons. The van der Waals surface area contributed by atoms with Gasteiger partial charge < -0.3 is 5.32 Å². The maximum Gasteiger partial charge on any atom is 0.256 e. The van der Waals surface area contributed by atoms with Crippen molar-refractivity contribution in [1.82, 2.24) is 0 Å². The Morgan fingerprint density at radius 3 is 2.35 bits per heavy atom. The van der Waals surface area contributed by atoms with E-state index in [4.69, 9.17) is 0 Å². The fourth-order valence-electron chi connectivity index (χ4n) is 2.36. The van der Waals surface area contributed by atoms with Crippen molar-refractivity contribution < 1.29 is 22.4 Å². The molecule has 0 atom stereocenters. The predicted molar refractivity (Wildman–Crippen MR) is 97.7 cm³/mol. The summed E-state index contributed by atoms with van der Waals surface area (Å²) in [5.41, 5.74) is 0.0900. The molecule has 26 heavy (non-hydrogen) atoms. The highest BCUT2D eigenvalue weighted by Gasteiger charge is 2.25. The number of carbonyl (C=O) groups excluding carboxylic acids is 2.